The number of phenolic OH excluding ortho intramolecular Hbond substituents is 1. The minimum absolute atomic E-state index is 0.0389. The molecule has 0 saturated carbocycles. The maximum atomic E-state index is 12.2. The number of phenols is 1. The van der Waals surface area contributed by atoms with Crippen molar-refractivity contribution in [1.29, 1.82) is 0 Å². The average molecular weight is 419 g/mol. The van der Waals surface area contributed by atoms with Crippen molar-refractivity contribution >= 4 is 50.6 Å². The topological polar surface area (TPSA) is 134 Å². The van der Waals surface area contributed by atoms with Gasteiger partial charge < -0.3 is 21.5 Å². The van der Waals surface area contributed by atoms with E-state index >= 15 is 0 Å². The summed E-state index contributed by atoms with van der Waals surface area (Å²) in [6, 6.07) is 8.32. The van der Waals surface area contributed by atoms with E-state index in [4.69, 9.17) is 28.9 Å². The Morgan fingerprint density at radius 2 is 1.69 bits per heavy atom. The van der Waals surface area contributed by atoms with Crippen molar-refractivity contribution in [3.05, 3.63) is 46.4 Å². The average Bonchev–Trinajstić information content (AvgIpc) is 2.57. The Bertz CT molecular complexity index is 922. The van der Waals surface area contributed by atoms with Gasteiger partial charge >= 0.3 is 6.03 Å². The fourth-order valence-corrected chi connectivity index (χ4v) is 3.87. The van der Waals surface area contributed by atoms with E-state index in [1.165, 1.54) is 12.1 Å². The number of benzene rings is 2. The highest BCUT2D eigenvalue weighted by Gasteiger charge is 2.25. The Balaban J connectivity index is 2.27. The monoisotopic (exact) mass is 418 g/mol. The van der Waals surface area contributed by atoms with E-state index in [0.717, 1.165) is 0 Å². The molecule has 0 spiro atoms. The van der Waals surface area contributed by atoms with Crippen LogP contribution >= 0.6 is 23.2 Å². The van der Waals surface area contributed by atoms with Crippen LogP contribution in [0, 0.1) is 0 Å². The molecule has 6 N–H and O–H groups in total. The molecule has 0 saturated heterocycles. The van der Waals surface area contributed by atoms with Gasteiger partial charge in [-0.1, -0.05) is 35.3 Å². The Morgan fingerprint density at radius 3 is 2.35 bits per heavy atom. The first-order valence-electron chi connectivity index (χ1n) is 7.30. The molecule has 140 valence electrons. The zero-order valence-corrected chi connectivity index (χ0v) is 15.6. The number of nitrogens with one attached hydrogen (secondary N) is 3. The molecule has 0 radical (unpaired) electrons. The summed E-state index contributed by atoms with van der Waals surface area (Å²) in [5.41, 5.74) is 5.47. The highest BCUT2D eigenvalue weighted by atomic mass is 35.5. The van der Waals surface area contributed by atoms with E-state index < -0.39 is 26.7 Å². The zero-order chi connectivity index (χ0) is 19.3. The first kappa shape index (κ1) is 20.3. The number of aromatic hydroxyl groups is 1. The number of carbonyl (C=O) groups is 1. The summed E-state index contributed by atoms with van der Waals surface area (Å²) >= 11 is 11.8. The van der Waals surface area contributed by atoms with Crippen LogP contribution in [0.5, 0.6) is 5.75 Å². The predicted octanol–water partition coefficient (Wildman–Crippen LogP) is 2.58. The molecule has 0 heterocycles. The van der Waals surface area contributed by atoms with Crippen LogP contribution in [0.1, 0.15) is 0 Å². The van der Waals surface area contributed by atoms with Crippen LogP contribution in [0.4, 0.5) is 16.2 Å². The number of urea groups is 1. The Hall–Kier alpha value is -2.04. The van der Waals surface area contributed by atoms with E-state index in [2.05, 4.69) is 15.4 Å². The minimum atomic E-state index is -4.11. The summed E-state index contributed by atoms with van der Waals surface area (Å²) in [6.07, 6.45) is 0. The van der Waals surface area contributed by atoms with Crippen LogP contribution in [0.25, 0.3) is 0 Å². The van der Waals surface area contributed by atoms with E-state index in [-0.39, 0.29) is 23.8 Å². The van der Waals surface area contributed by atoms with Crippen molar-refractivity contribution in [2.24, 2.45) is 5.73 Å². The maximum absolute atomic E-state index is 12.2. The van der Waals surface area contributed by atoms with Crippen molar-refractivity contribution in [3.63, 3.8) is 0 Å². The number of anilines is 2. The molecule has 11 heteroatoms. The molecule has 2 aromatic carbocycles. The minimum Gasteiger partial charge on any atom is -0.504 e. The van der Waals surface area contributed by atoms with Gasteiger partial charge in [-0.25, -0.2) is 17.9 Å². The third-order valence-corrected chi connectivity index (χ3v) is 5.45. The Labute approximate surface area is 160 Å². The SMILES string of the molecule is NCCNS(=O)(=O)c1c(Cl)ccc(NC(=O)Nc2ccccc2Cl)c1O. The second-order valence-electron chi connectivity index (χ2n) is 5.02. The molecule has 0 bridgehead atoms. The molecule has 0 unspecified atom stereocenters. The molecule has 0 aliphatic rings. The Morgan fingerprint density at radius 1 is 1.04 bits per heavy atom. The van der Waals surface area contributed by atoms with Gasteiger partial charge in [0.15, 0.2) is 5.75 Å². The van der Waals surface area contributed by atoms with E-state index in [1.807, 2.05) is 0 Å². The van der Waals surface area contributed by atoms with Crippen LogP contribution in [0.3, 0.4) is 0 Å². The molecule has 2 amide bonds. The number of rotatable bonds is 6. The predicted molar refractivity (Wildman–Crippen MR) is 101 cm³/mol. The van der Waals surface area contributed by atoms with Gasteiger partial charge in [0.25, 0.3) is 0 Å². The summed E-state index contributed by atoms with van der Waals surface area (Å²) in [5.74, 6) is -0.698. The van der Waals surface area contributed by atoms with Gasteiger partial charge in [-0.2, -0.15) is 0 Å². The molecule has 2 rings (SSSR count). The van der Waals surface area contributed by atoms with Crippen LogP contribution in [-0.2, 0) is 10.0 Å². The molecule has 0 aliphatic heterocycles. The van der Waals surface area contributed by atoms with Gasteiger partial charge in [0.2, 0.25) is 10.0 Å². The number of hydrogen-bond donors (Lipinski definition) is 5. The fourth-order valence-electron chi connectivity index (χ4n) is 2.01. The lowest BCUT2D eigenvalue weighted by Gasteiger charge is -2.14. The fraction of sp³-hybridized carbons (Fsp3) is 0.133. The number of nitrogens with two attached hydrogens (primary N) is 1. The van der Waals surface area contributed by atoms with Crippen molar-refractivity contribution in [2.75, 3.05) is 23.7 Å². The molecule has 8 nitrogen and oxygen atoms in total. The second kappa shape index (κ2) is 8.56. The number of carbonyl (C=O) groups excluding carboxylic acids is 1. The number of halogens is 2. The zero-order valence-electron chi connectivity index (χ0n) is 13.3. The van der Waals surface area contributed by atoms with Crippen molar-refractivity contribution < 1.29 is 18.3 Å². The van der Waals surface area contributed by atoms with Gasteiger partial charge in [-0.3, -0.25) is 0 Å². The van der Waals surface area contributed by atoms with Crippen LogP contribution < -0.4 is 21.1 Å². The number of amides is 2. The standard InChI is InChI=1S/C15H16Cl2N4O4S/c16-9-3-1-2-4-11(9)20-15(23)21-12-6-5-10(17)14(13(12)22)26(24,25)19-8-7-18/h1-6,19,22H,7-8,18H2,(H2,20,21,23). The van der Waals surface area contributed by atoms with Gasteiger partial charge in [0.1, 0.15) is 4.90 Å². The summed E-state index contributed by atoms with van der Waals surface area (Å²) in [7, 11) is -4.11. The Kier molecular flexibility index (Phi) is 6.68. The molecule has 0 aliphatic carbocycles. The quantitative estimate of drug-likeness (QED) is 0.459. The maximum Gasteiger partial charge on any atom is 0.323 e. The van der Waals surface area contributed by atoms with E-state index in [9.17, 15) is 18.3 Å². The van der Waals surface area contributed by atoms with Crippen LogP contribution in [-0.4, -0.2) is 32.6 Å². The lowest BCUT2D eigenvalue weighted by molar-refractivity contribution is 0.262. The lowest BCUT2D eigenvalue weighted by Crippen LogP contribution is -2.29. The summed E-state index contributed by atoms with van der Waals surface area (Å²) in [6.45, 7) is 0.0263. The lowest BCUT2D eigenvalue weighted by atomic mass is 10.3. The number of hydrogen-bond acceptors (Lipinski definition) is 5. The van der Waals surface area contributed by atoms with Crippen molar-refractivity contribution in [3.8, 4) is 5.75 Å². The molecule has 2 aromatic rings. The van der Waals surface area contributed by atoms with Crippen molar-refractivity contribution in [2.45, 2.75) is 4.90 Å². The van der Waals surface area contributed by atoms with Crippen molar-refractivity contribution in [1.82, 2.24) is 4.72 Å². The molecular formula is C15H16Cl2N4O4S. The number of sulfonamides is 1. The van der Waals surface area contributed by atoms with Gasteiger partial charge in [-0.05, 0) is 24.3 Å². The molecule has 0 fully saturated rings. The van der Waals surface area contributed by atoms with E-state index in [0.29, 0.717) is 10.7 Å². The third-order valence-electron chi connectivity index (χ3n) is 3.16. The summed E-state index contributed by atoms with van der Waals surface area (Å²) < 4.78 is 26.7. The summed E-state index contributed by atoms with van der Waals surface area (Å²) in [5, 5.41) is 15.2. The van der Waals surface area contributed by atoms with Crippen LogP contribution in [0.2, 0.25) is 10.0 Å². The van der Waals surface area contributed by atoms with Gasteiger partial charge in [-0.15, -0.1) is 0 Å². The third kappa shape index (κ3) is 4.77. The molecule has 0 aromatic heterocycles. The molecule has 0 atom stereocenters. The molecular weight excluding hydrogens is 403 g/mol. The largest absolute Gasteiger partial charge is 0.504 e. The van der Waals surface area contributed by atoms with E-state index in [1.54, 1.807) is 24.3 Å². The highest BCUT2D eigenvalue weighted by Crippen LogP contribution is 2.36. The normalized spacial score (nSPS) is 11.2. The first-order chi connectivity index (χ1) is 12.3. The van der Waals surface area contributed by atoms with Gasteiger partial charge in [0, 0.05) is 13.1 Å². The molecule has 26 heavy (non-hydrogen) atoms. The number of para-hydroxylation sites is 1. The summed E-state index contributed by atoms with van der Waals surface area (Å²) in [4.78, 5) is 11.5. The highest BCUT2D eigenvalue weighted by molar-refractivity contribution is 7.89. The van der Waals surface area contributed by atoms with Crippen LogP contribution in [0.15, 0.2) is 41.3 Å². The van der Waals surface area contributed by atoms with Gasteiger partial charge in [0.05, 0.1) is 21.4 Å². The second-order valence-corrected chi connectivity index (χ2v) is 7.54. The smallest absolute Gasteiger partial charge is 0.323 e. The first-order valence-corrected chi connectivity index (χ1v) is 9.54.